The van der Waals surface area contributed by atoms with Gasteiger partial charge in [0, 0.05) is 5.75 Å². The second kappa shape index (κ2) is 10.4. The molecule has 0 aromatic rings. The average molecular weight is 281 g/mol. The highest BCUT2D eigenvalue weighted by atomic mass is 32.1. The molecule has 0 heterocycles. The van der Waals surface area contributed by atoms with Crippen LogP contribution in [0.5, 0.6) is 0 Å². The largest absolute Gasteiger partial charge is 0.442 e. The van der Waals surface area contributed by atoms with Crippen molar-refractivity contribution in [3.63, 3.8) is 0 Å². The van der Waals surface area contributed by atoms with Crippen molar-refractivity contribution in [2.45, 2.75) is 26.4 Å². The Labute approximate surface area is 114 Å². The van der Waals surface area contributed by atoms with Crippen molar-refractivity contribution in [3.8, 4) is 0 Å². The molecule has 0 aromatic carbocycles. The lowest BCUT2D eigenvalue weighted by molar-refractivity contribution is -0.0321. The SMILES string of the molecule is CC(C)(C)OC(=O)NOCCOCCOCCS. The Morgan fingerprint density at radius 2 is 1.61 bits per heavy atom. The molecule has 0 aliphatic rings. The highest BCUT2D eigenvalue weighted by Gasteiger charge is 2.15. The predicted octanol–water partition coefficient (Wildman–Crippen LogP) is 1.41. The molecule has 7 heteroatoms. The Kier molecular flexibility index (Phi) is 10.1. The van der Waals surface area contributed by atoms with Crippen LogP contribution >= 0.6 is 12.6 Å². The molecule has 0 saturated heterocycles. The maximum Gasteiger partial charge on any atom is 0.431 e. The standard InChI is InChI=1S/C11H23NO5S/c1-11(2,3)17-10(13)12-16-7-6-14-4-5-15-8-9-18/h18H,4-9H2,1-3H3,(H,12,13). The van der Waals surface area contributed by atoms with Gasteiger partial charge in [0.05, 0.1) is 33.0 Å². The Morgan fingerprint density at radius 1 is 1.06 bits per heavy atom. The second-order valence-electron chi connectivity index (χ2n) is 4.40. The molecule has 18 heavy (non-hydrogen) atoms. The highest BCUT2D eigenvalue weighted by Crippen LogP contribution is 2.06. The predicted molar refractivity (Wildman–Crippen MR) is 70.8 cm³/mol. The van der Waals surface area contributed by atoms with Crippen LogP contribution in [0.2, 0.25) is 0 Å². The quantitative estimate of drug-likeness (QED) is 0.380. The lowest BCUT2D eigenvalue weighted by Gasteiger charge is -2.19. The fraction of sp³-hybridized carbons (Fsp3) is 0.909. The van der Waals surface area contributed by atoms with Crippen molar-refractivity contribution < 1.29 is 23.8 Å². The molecule has 0 aromatic heterocycles. The van der Waals surface area contributed by atoms with Crippen molar-refractivity contribution in [1.29, 1.82) is 0 Å². The third-order valence-corrected chi connectivity index (χ3v) is 1.67. The molecule has 0 spiro atoms. The van der Waals surface area contributed by atoms with E-state index in [1.807, 2.05) is 0 Å². The van der Waals surface area contributed by atoms with E-state index in [-0.39, 0.29) is 6.61 Å². The van der Waals surface area contributed by atoms with Gasteiger partial charge in [-0.2, -0.15) is 18.1 Å². The molecule has 0 bridgehead atoms. The number of carbonyl (C=O) groups is 1. The zero-order valence-electron chi connectivity index (χ0n) is 11.2. The van der Waals surface area contributed by atoms with Gasteiger partial charge in [0.2, 0.25) is 0 Å². The van der Waals surface area contributed by atoms with Crippen LogP contribution in [0.25, 0.3) is 0 Å². The molecule has 1 N–H and O–H groups in total. The molecule has 0 unspecified atom stereocenters. The summed E-state index contributed by atoms with van der Waals surface area (Å²) in [7, 11) is 0. The molecule has 6 nitrogen and oxygen atoms in total. The fourth-order valence-corrected chi connectivity index (χ4v) is 1.03. The maximum absolute atomic E-state index is 11.1. The van der Waals surface area contributed by atoms with Gasteiger partial charge in [-0.05, 0) is 20.8 Å². The monoisotopic (exact) mass is 281 g/mol. The van der Waals surface area contributed by atoms with Crippen LogP contribution in [0.4, 0.5) is 4.79 Å². The van der Waals surface area contributed by atoms with Gasteiger partial charge < -0.3 is 14.2 Å². The minimum absolute atomic E-state index is 0.256. The van der Waals surface area contributed by atoms with Gasteiger partial charge in [0.25, 0.3) is 0 Å². The molecule has 108 valence electrons. The number of hydroxylamine groups is 1. The summed E-state index contributed by atoms with van der Waals surface area (Å²) in [5, 5.41) is 0. The van der Waals surface area contributed by atoms with Gasteiger partial charge in [-0.25, -0.2) is 4.79 Å². The summed E-state index contributed by atoms with van der Waals surface area (Å²) in [5.74, 6) is 0.697. The van der Waals surface area contributed by atoms with E-state index in [1.165, 1.54) is 0 Å². The van der Waals surface area contributed by atoms with E-state index in [0.717, 1.165) is 0 Å². The summed E-state index contributed by atoms with van der Waals surface area (Å²) in [6, 6.07) is 0. The minimum Gasteiger partial charge on any atom is -0.442 e. The smallest absolute Gasteiger partial charge is 0.431 e. The van der Waals surface area contributed by atoms with Gasteiger partial charge in [-0.1, -0.05) is 0 Å². The van der Waals surface area contributed by atoms with E-state index in [1.54, 1.807) is 20.8 Å². The first kappa shape index (κ1) is 17.5. The van der Waals surface area contributed by atoms with Gasteiger partial charge in [0.1, 0.15) is 5.60 Å². The summed E-state index contributed by atoms with van der Waals surface area (Å²) in [6.45, 7) is 7.60. The Morgan fingerprint density at radius 3 is 2.17 bits per heavy atom. The van der Waals surface area contributed by atoms with Crippen molar-refractivity contribution >= 4 is 18.7 Å². The summed E-state index contributed by atoms with van der Waals surface area (Å²) < 4.78 is 15.3. The third kappa shape index (κ3) is 13.6. The van der Waals surface area contributed by atoms with Gasteiger partial charge in [0.15, 0.2) is 0 Å². The van der Waals surface area contributed by atoms with Crippen LogP contribution in [-0.4, -0.2) is 50.5 Å². The van der Waals surface area contributed by atoms with Gasteiger partial charge >= 0.3 is 6.09 Å². The van der Waals surface area contributed by atoms with Crippen molar-refractivity contribution in [2.24, 2.45) is 0 Å². The molecule has 0 fully saturated rings. The van der Waals surface area contributed by atoms with Crippen LogP contribution in [-0.2, 0) is 19.0 Å². The van der Waals surface area contributed by atoms with Crippen LogP contribution in [0, 0.1) is 0 Å². The molecule has 0 aliphatic carbocycles. The van der Waals surface area contributed by atoms with E-state index in [2.05, 4.69) is 18.1 Å². The van der Waals surface area contributed by atoms with Crippen LogP contribution in [0.15, 0.2) is 0 Å². The molecule has 0 saturated carbocycles. The van der Waals surface area contributed by atoms with Gasteiger partial charge in [-0.3, -0.25) is 4.84 Å². The number of nitrogens with one attached hydrogen (secondary N) is 1. The zero-order chi connectivity index (χ0) is 13.9. The maximum atomic E-state index is 11.1. The molecule has 1 amide bonds. The molecule has 0 radical (unpaired) electrons. The molecule has 0 atom stereocenters. The Bertz CT molecular complexity index is 220. The van der Waals surface area contributed by atoms with Crippen LogP contribution in [0.3, 0.4) is 0 Å². The lowest BCUT2D eigenvalue weighted by atomic mass is 10.2. The van der Waals surface area contributed by atoms with E-state index in [4.69, 9.17) is 19.0 Å². The Hall–Kier alpha value is -0.500. The van der Waals surface area contributed by atoms with Crippen molar-refractivity contribution in [1.82, 2.24) is 5.48 Å². The molecular weight excluding hydrogens is 258 g/mol. The first-order valence-corrected chi connectivity index (χ1v) is 6.46. The number of thiol groups is 1. The summed E-state index contributed by atoms with van der Waals surface area (Å²) >= 11 is 4.00. The number of ether oxygens (including phenoxy) is 3. The topological polar surface area (TPSA) is 66.0 Å². The Balaban J connectivity index is 3.23. The van der Waals surface area contributed by atoms with Crippen molar-refractivity contribution in [2.75, 3.05) is 38.8 Å². The molecule has 0 aliphatic heterocycles. The highest BCUT2D eigenvalue weighted by molar-refractivity contribution is 7.80. The number of hydrogen-bond donors (Lipinski definition) is 2. The van der Waals surface area contributed by atoms with Crippen molar-refractivity contribution in [3.05, 3.63) is 0 Å². The normalized spacial score (nSPS) is 11.3. The zero-order valence-corrected chi connectivity index (χ0v) is 12.1. The van der Waals surface area contributed by atoms with E-state index in [9.17, 15) is 4.79 Å². The van der Waals surface area contributed by atoms with E-state index >= 15 is 0 Å². The molecular formula is C11H23NO5S. The number of carbonyl (C=O) groups excluding carboxylic acids is 1. The van der Waals surface area contributed by atoms with E-state index in [0.29, 0.717) is 32.2 Å². The number of amides is 1. The van der Waals surface area contributed by atoms with E-state index < -0.39 is 11.7 Å². The molecule has 0 rings (SSSR count). The third-order valence-electron chi connectivity index (χ3n) is 1.49. The fourth-order valence-electron chi connectivity index (χ4n) is 0.896. The summed E-state index contributed by atoms with van der Waals surface area (Å²) in [5.41, 5.74) is 1.63. The summed E-state index contributed by atoms with van der Waals surface area (Å²) in [6.07, 6.45) is -0.611. The van der Waals surface area contributed by atoms with Crippen LogP contribution < -0.4 is 5.48 Å². The first-order chi connectivity index (χ1) is 8.45. The first-order valence-electron chi connectivity index (χ1n) is 5.83. The van der Waals surface area contributed by atoms with Gasteiger partial charge in [-0.15, -0.1) is 0 Å². The average Bonchev–Trinajstić information content (AvgIpc) is 2.24. The number of rotatable bonds is 9. The van der Waals surface area contributed by atoms with Crippen LogP contribution in [0.1, 0.15) is 20.8 Å². The minimum atomic E-state index is -0.611. The summed E-state index contributed by atoms with van der Waals surface area (Å²) in [4.78, 5) is 16.0. The second-order valence-corrected chi connectivity index (χ2v) is 4.85. The number of hydrogen-bond acceptors (Lipinski definition) is 6. The lowest BCUT2D eigenvalue weighted by Crippen LogP contribution is -2.33.